The van der Waals surface area contributed by atoms with Crippen molar-refractivity contribution in [2.24, 2.45) is 0 Å². The van der Waals surface area contributed by atoms with Gasteiger partial charge in [-0.05, 0) is 12.1 Å². The molecule has 2 heterocycles. The molecule has 98 valence electrons. The van der Waals surface area contributed by atoms with Crippen LogP contribution in [0.1, 0.15) is 21.0 Å². The molecule has 2 aromatic heterocycles. The zero-order valence-corrected chi connectivity index (χ0v) is 10.3. The number of halogens is 1. The van der Waals surface area contributed by atoms with Crippen molar-refractivity contribution >= 4 is 23.5 Å². The van der Waals surface area contributed by atoms with E-state index in [4.69, 9.17) is 16.7 Å². The molecule has 0 aromatic carbocycles. The molecular formula is C10H7ClN4O4. The summed E-state index contributed by atoms with van der Waals surface area (Å²) in [6.45, 7) is 0. The number of carbonyl (C=O) groups is 2. The summed E-state index contributed by atoms with van der Waals surface area (Å²) >= 11 is 5.71. The van der Waals surface area contributed by atoms with Gasteiger partial charge in [-0.3, -0.25) is 0 Å². The minimum atomic E-state index is -1.15. The monoisotopic (exact) mass is 282 g/mol. The average Bonchev–Trinajstić information content (AvgIpc) is 2.86. The predicted molar refractivity (Wildman–Crippen MR) is 62.5 cm³/mol. The van der Waals surface area contributed by atoms with Crippen molar-refractivity contribution < 1.29 is 19.4 Å². The van der Waals surface area contributed by atoms with E-state index in [1.165, 1.54) is 25.6 Å². The van der Waals surface area contributed by atoms with E-state index < -0.39 is 11.9 Å². The highest BCUT2D eigenvalue weighted by Gasteiger charge is 2.14. The Labute approximate surface area is 111 Å². The SMILES string of the molecule is COC(=O)c1ncn(-c2cc(C(=O)O)cc(Cl)n2)n1. The number of aromatic carboxylic acids is 1. The van der Waals surface area contributed by atoms with Gasteiger partial charge in [0, 0.05) is 0 Å². The number of rotatable bonds is 3. The van der Waals surface area contributed by atoms with E-state index in [1.54, 1.807) is 0 Å². The maximum Gasteiger partial charge on any atom is 0.377 e. The van der Waals surface area contributed by atoms with Crippen molar-refractivity contribution in [2.45, 2.75) is 0 Å². The smallest absolute Gasteiger partial charge is 0.377 e. The number of methoxy groups -OCH3 is 1. The second-order valence-corrected chi connectivity index (χ2v) is 3.73. The molecule has 9 heteroatoms. The van der Waals surface area contributed by atoms with E-state index in [2.05, 4.69) is 19.8 Å². The standard InChI is InChI=1S/C10H7ClN4O4/c1-19-10(18)8-12-4-15(14-8)7-3-5(9(16)17)2-6(11)13-7/h2-4H,1H3,(H,16,17). The average molecular weight is 283 g/mol. The predicted octanol–water partition coefficient (Wildman–Crippen LogP) is 0.800. The molecule has 0 aliphatic heterocycles. The molecule has 2 rings (SSSR count). The molecule has 0 aliphatic rings. The van der Waals surface area contributed by atoms with Gasteiger partial charge in [0.25, 0.3) is 5.82 Å². The molecule has 1 N–H and O–H groups in total. The fourth-order valence-electron chi connectivity index (χ4n) is 1.28. The van der Waals surface area contributed by atoms with Crippen LogP contribution in [0.25, 0.3) is 5.82 Å². The topological polar surface area (TPSA) is 107 Å². The van der Waals surface area contributed by atoms with Crippen LogP contribution in [-0.4, -0.2) is 43.9 Å². The Morgan fingerprint density at radius 3 is 2.79 bits per heavy atom. The van der Waals surface area contributed by atoms with E-state index >= 15 is 0 Å². The Balaban J connectivity index is 2.44. The van der Waals surface area contributed by atoms with E-state index in [0.29, 0.717) is 0 Å². The first kappa shape index (κ1) is 13.0. The molecule has 0 fully saturated rings. The van der Waals surface area contributed by atoms with Gasteiger partial charge in [-0.15, -0.1) is 5.10 Å². The number of hydrogen-bond donors (Lipinski definition) is 1. The molecular weight excluding hydrogens is 276 g/mol. The summed E-state index contributed by atoms with van der Waals surface area (Å²) in [5.41, 5.74) is -0.0508. The summed E-state index contributed by atoms with van der Waals surface area (Å²) in [6, 6.07) is 2.45. The molecule has 8 nitrogen and oxygen atoms in total. The van der Waals surface area contributed by atoms with Gasteiger partial charge in [-0.1, -0.05) is 11.6 Å². The summed E-state index contributed by atoms with van der Waals surface area (Å²) in [7, 11) is 1.20. The number of carboxylic acid groups (broad SMARTS) is 1. The number of ether oxygens (including phenoxy) is 1. The molecule has 0 bridgehead atoms. The van der Waals surface area contributed by atoms with Gasteiger partial charge in [-0.25, -0.2) is 24.2 Å². The van der Waals surface area contributed by atoms with Gasteiger partial charge in [0.1, 0.15) is 11.5 Å². The third-order valence-corrected chi connectivity index (χ3v) is 2.32. The van der Waals surface area contributed by atoms with Gasteiger partial charge >= 0.3 is 11.9 Å². The maximum atomic E-state index is 11.2. The van der Waals surface area contributed by atoms with Crippen LogP contribution in [0.3, 0.4) is 0 Å². The molecule has 0 radical (unpaired) electrons. The summed E-state index contributed by atoms with van der Waals surface area (Å²) in [4.78, 5) is 29.7. The fourth-order valence-corrected chi connectivity index (χ4v) is 1.49. The van der Waals surface area contributed by atoms with Crippen LogP contribution >= 0.6 is 11.6 Å². The first-order valence-corrected chi connectivity index (χ1v) is 5.30. The second-order valence-electron chi connectivity index (χ2n) is 3.35. The normalized spacial score (nSPS) is 10.2. The molecule has 0 saturated heterocycles. The molecule has 0 amide bonds. The number of carboxylic acids is 1. The minimum Gasteiger partial charge on any atom is -0.478 e. The van der Waals surface area contributed by atoms with Gasteiger partial charge in [0.2, 0.25) is 0 Å². The number of esters is 1. The summed E-state index contributed by atoms with van der Waals surface area (Å²) in [5.74, 6) is -1.90. The third kappa shape index (κ3) is 2.68. The highest BCUT2D eigenvalue weighted by Crippen LogP contribution is 2.13. The van der Waals surface area contributed by atoms with Gasteiger partial charge in [0.15, 0.2) is 5.82 Å². The first-order chi connectivity index (χ1) is 9.01. The number of pyridine rings is 1. The number of aromatic nitrogens is 4. The maximum absolute atomic E-state index is 11.2. The third-order valence-electron chi connectivity index (χ3n) is 2.12. The molecule has 0 aliphatic carbocycles. The second kappa shape index (κ2) is 5.02. The molecule has 0 spiro atoms. The van der Waals surface area contributed by atoms with Crippen molar-refractivity contribution in [1.82, 2.24) is 19.7 Å². The van der Waals surface area contributed by atoms with E-state index in [1.807, 2.05) is 0 Å². The van der Waals surface area contributed by atoms with Crippen LogP contribution in [0.15, 0.2) is 18.5 Å². The Bertz CT molecular complexity index is 655. The van der Waals surface area contributed by atoms with Crippen LogP contribution in [0, 0.1) is 0 Å². The van der Waals surface area contributed by atoms with Crippen LogP contribution in [0.5, 0.6) is 0 Å². The van der Waals surface area contributed by atoms with Crippen LogP contribution < -0.4 is 0 Å². The fraction of sp³-hybridized carbons (Fsp3) is 0.100. The van der Waals surface area contributed by atoms with E-state index in [-0.39, 0.29) is 22.4 Å². The van der Waals surface area contributed by atoms with Crippen molar-refractivity contribution in [2.75, 3.05) is 7.11 Å². The summed E-state index contributed by atoms with van der Waals surface area (Å²) in [6.07, 6.45) is 1.20. The lowest BCUT2D eigenvalue weighted by Gasteiger charge is -2.02. The zero-order chi connectivity index (χ0) is 14.0. The van der Waals surface area contributed by atoms with E-state index in [0.717, 1.165) is 4.68 Å². The quantitative estimate of drug-likeness (QED) is 0.655. The van der Waals surface area contributed by atoms with E-state index in [9.17, 15) is 9.59 Å². The highest BCUT2D eigenvalue weighted by atomic mass is 35.5. The highest BCUT2D eigenvalue weighted by molar-refractivity contribution is 6.29. The molecule has 19 heavy (non-hydrogen) atoms. The van der Waals surface area contributed by atoms with Crippen molar-refractivity contribution in [3.63, 3.8) is 0 Å². The largest absolute Gasteiger partial charge is 0.478 e. The van der Waals surface area contributed by atoms with Crippen molar-refractivity contribution in [3.8, 4) is 5.82 Å². The Kier molecular flexibility index (Phi) is 3.43. The number of carbonyl (C=O) groups excluding carboxylic acids is 1. The molecule has 0 atom stereocenters. The zero-order valence-electron chi connectivity index (χ0n) is 9.57. The Hall–Kier alpha value is -2.48. The lowest BCUT2D eigenvalue weighted by atomic mass is 10.2. The lowest BCUT2D eigenvalue weighted by molar-refractivity contribution is 0.0586. The molecule has 2 aromatic rings. The number of hydrogen-bond acceptors (Lipinski definition) is 6. The summed E-state index contributed by atoms with van der Waals surface area (Å²) < 4.78 is 5.58. The van der Waals surface area contributed by atoms with Gasteiger partial charge < -0.3 is 9.84 Å². The molecule has 0 unspecified atom stereocenters. The van der Waals surface area contributed by atoms with Gasteiger partial charge in [-0.2, -0.15) is 0 Å². The molecule has 0 saturated carbocycles. The van der Waals surface area contributed by atoms with Crippen LogP contribution in [-0.2, 0) is 4.74 Å². The Morgan fingerprint density at radius 1 is 1.42 bits per heavy atom. The van der Waals surface area contributed by atoms with Crippen LogP contribution in [0.4, 0.5) is 0 Å². The summed E-state index contributed by atoms with van der Waals surface area (Å²) in [5, 5.41) is 12.7. The van der Waals surface area contributed by atoms with Crippen molar-refractivity contribution in [3.05, 3.63) is 35.0 Å². The lowest BCUT2D eigenvalue weighted by Crippen LogP contribution is -2.07. The van der Waals surface area contributed by atoms with Crippen LogP contribution in [0.2, 0.25) is 5.15 Å². The Morgan fingerprint density at radius 2 is 2.16 bits per heavy atom. The minimum absolute atomic E-state index is 0.00924. The number of nitrogens with zero attached hydrogens (tertiary/aromatic N) is 4. The first-order valence-electron chi connectivity index (χ1n) is 4.92. The van der Waals surface area contributed by atoms with Gasteiger partial charge in [0.05, 0.1) is 12.7 Å². The van der Waals surface area contributed by atoms with Crippen molar-refractivity contribution in [1.29, 1.82) is 0 Å².